The predicted octanol–water partition coefficient (Wildman–Crippen LogP) is 4.37. The van der Waals surface area contributed by atoms with E-state index in [2.05, 4.69) is 0 Å². The maximum Gasteiger partial charge on any atom is 0.340 e. The van der Waals surface area contributed by atoms with Crippen molar-refractivity contribution in [1.82, 2.24) is 9.13 Å². The summed E-state index contributed by atoms with van der Waals surface area (Å²) in [5, 5.41) is -0.0249. The van der Waals surface area contributed by atoms with Crippen molar-refractivity contribution in [2.45, 2.75) is 39.2 Å². The number of hydrogen-bond acceptors (Lipinski definition) is 3. The van der Waals surface area contributed by atoms with E-state index in [0.717, 1.165) is 0 Å². The van der Waals surface area contributed by atoms with Crippen molar-refractivity contribution < 1.29 is 27.1 Å². The number of carbonyl (C=O) groups excluding carboxylic acids is 1. The molecule has 3 aromatic rings. The molecule has 1 aromatic carbocycles. The second-order valence-electron chi connectivity index (χ2n) is 7.25. The Morgan fingerprint density at radius 1 is 1.19 bits per heavy atom. The predicted molar refractivity (Wildman–Crippen MR) is 109 cm³/mol. The van der Waals surface area contributed by atoms with Gasteiger partial charge in [0.25, 0.3) is 5.56 Å². The van der Waals surface area contributed by atoms with Gasteiger partial charge in [-0.05, 0) is 19.4 Å². The number of rotatable bonds is 8. The van der Waals surface area contributed by atoms with Crippen LogP contribution in [0.2, 0.25) is 0 Å². The second kappa shape index (κ2) is 8.56. The van der Waals surface area contributed by atoms with E-state index in [1.165, 1.54) is 4.57 Å². The highest BCUT2D eigenvalue weighted by molar-refractivity contribution is 5.96. The third-order valence-electron chi connectivity index (χ3n) is 5.27. The van der Waals surface area contributed by atoms with Gasteiger partial charge in [0.15, 0.2) is 18.1 Å². The Morgan fingerprint density at radius 3 is 2.42 bits per heavy atom. The van der Waals surface area contributed by atoms with Crippen LogP contribution in [-0.2, 0) is 20.0 Å². The van der Waals surface area contributed by atoms with Crippen LogP contribution in [-0.4, -0.2) is 33.9 Å². The lowest BCUT2D eigenvalue weighted by molar-refractivity contribution is -0.148. The fraction of sp³-hybridized carbons (Fsp3) is 0.364. The molecule has 0 aliphatic heterocycles. The second-order valence-corrected chi connectivity index (χ2v) is 7.25. The lowest BCUT2D eigenvalue weighted by atomic mass is 10.1. The topological polar surface area (TPSA) is 53.2 Å². The minimum absolute atomic E-state index is 0.0249. The molecule has 9 heteroatoms. The Bertz CT molecular complexity index is 1170. The maximum atomic E-state index is 13.4. The molecule has 0 atom stereocenters. The fourth-order valence-corrected chi connectivity index (χ4v) is 3.41. The van der Waals surface area contributed by atoms with Crippen molar-refractivity contribution in [2.75, 3.05) is 6.61 Å². The van der Waals surface area contributed by atoms with Gasteiger partial charge in [-0.3, -0.25) is 9.59 Å². The van der Waals surface area contributed by atoms with Crippen LogP contribution < -0.4 is 10.3 Å². The highest BCUT2D eigenvalue weighted by Gasteiger charge is 2.42. The van der Waals surface area contributed by atoms with Gasteiger partial charge in [0.1, 0.15) is 5.39 Å². The summed E-state index contributed by atoms with van der Waals surface area (Å²) in [7, 11) is 1.62. The zero-order chi connectivity index (χ0) is 22.9. The molecular formula is C22H22F4N2O3. The number of hydrogen-bond donors (Lipinski definition) is 0. The first-order valence-corrected chi connectivity index (χ1v) is 9.67. The first-order chi connectivity index (χ1) is 14.6. The molecule has 0 aliphatic carbocycles. The third-order valence-corrected chi connectivity index (χ3v) is 5.27. The van der Waals surface area contributed by atoms with Gasteiger partial charge in [-0.25, -0.2) is 8.78 Å². The quantitative estimate of drug-likeness (QED) is 0.388. The van der Waals surface area contributed by atoms with E-state index in [0.29, 0.717) is 28.9 Å². The Morgan fingerprint density at radius 2 is 1.84 bits per heavy atom. The Kier molecular flexibility index (Phi) is 6.24. The van der Waals surface area contributed by atoms with Crippen LogP contribution >= 0.6 is 0 Å². The summed E-state index contributed by atoms with van der Waals surface area (Å²) in [6.07, 6.45) is -3.45. The Labute approximate surface area is 175 Å². The van der Waals surface area contributed by atoms with E-state index < -0.39 is 24.5 Å². The van der Waals surface area contributed by atoms with Crippen LogP contribution in [0.15, 0.2) is 41.2 Å². The number of fused-ring (bicyclic) bond motifs is 1. The Balaban J connectivity index is 2.11. The highest BCUT2D eigenvalue weighted by Crippen LogP contribution is 2.32. The number of aromatic nitrogens is 2. The lowest BCUT2D eigenvalue weighted by Crippen LogP contribution is -2.34. The van der Waals surface area contributed by atoms with Gasteiger partial charge in [0.05, 0.1) is 17.8 Å². The van der Waals surface area contributed by atoms with Crippen molar-refractivity contribution in [3.05, 3.63) is 63.7 Å². The van der Waals surface area contributed by atoms with Gasteiger partial charge in [0.2, 0.25) is 0 Å². The zero-order valence-electron chi connectivity index (χ0n) is 17.3. The Hall–Kier alpha value is -3.10. The number of Topliss-reactive ketones (excluding diaryl/α,β-unsaturated/α-hetero) is 1. The van der Waals surface area contributed by atoms with Crippen LogP contribution in [0.1, 0.15) is 28.7 Å². The first-order valence-electron chi connectivity index (χ1n) is 9.67. The number of benzene rings is 1. The van der Waals surface area contributed by atoms with E-state index in [1.807, 2.05) is 6.92 Å². The highest BCUT2D eigenvalue weighted by atomic mass is 19.3. The monoisotopic (exact) mass is 438 g/mol. The summed E-state index contributed by atoms with van der Waals surface area (Å²) in [5.41, 5.74) is 1.16. The molecule has 0 saturated carbocycles. The molecule has 2 aromatic heterocycles. The zero-order valence-corrected chi connectivity index (χ0v) is 17.3. The molecule has 0 saturated heterocycles. The molecule has 0 bridgehead atoms. The summed E-state index contributed by atoms with van der Waals surface area (Å²) < 4.78 is 59.8. The average Bonchev–Trinajstić information content (AvgIpc) is 2.99. The molecular weight excluding hydrogens is 416 g/mol. The van der Waals surface area contributed by atoms with Gasteiger partial charge < -0.3 is 13.9 Å². The number of pyridine rings is 1. The lowest BCUT2D eigenvalue weighted by Gasteiger charge is -2.16. The number of nitrogens with zero attached hydrogens (tertiary/aromatic N) is 2. The van der Waals surface area contributed by atoms with Gasteiger partial charge in [-0.1, -0.05) is 37.3 Å². The van der Waals surface area contributed by atoms with Crippen LogP contribution in [0.3, 0.4) is 0 Å². The summed E-state index contributed by atoms with van der Waals surface area (Å²) in [6.45, 7) is 1.55. The molecule has 0 amide bonds. The summed E-state index contributed by atoms with van der Waals surface area (Å²) in [4.78, 5) is 26.0. The molecule has 0 unspecified atom stereocenters. The van der Waals surface area contributed by atoms with Crippen molar-refractivity contribution in [2.24, 2.45) is 7.05 Å². The molecule has 0 N–H and O–H groups in total. The van der Waals surface area contributed by atoms with Crippen LogP contribution in [0.5, 0.6) is 5.75 Å². The van der Waals surface area contributed by atoms with Gasteiger partial charge in [0, 0.05) is 18.3 Å². The minimum Gasteiger partial charge on any atom is -0.484 e. The van der Waals surface area contributed by atoms with Crippen LogP contribution in [0, 0.1) is 6.92 Å². The standard InChI is InChI=1S/C22H22F4N2O3/c1-4-15-10-16-18(19(13(2)27(16)3)31-12-22(25,26)21(23)24)20(30)28(15)11-17(29)14-8-6-5-7-9-14/h5-10,21H,4,11-12H2,1-3H3. The fourth-order valence-electron chi connectivity index (χ4n) is 3.41. The van der Waals surface area contributed by atoms with Crippen molar-refractivity contribution >= 4 is 16.7 Å². The summed E-state index contributed by atoms with van der Waals surface area (Å²) >= 11 is 0. The average molecular weight is 438 g/mol. The van der Waals surface area contributed by atoms with Gasteiger partial charge >= 0.3 is 12.3 Å². The van der Waals surface area contributed by atoms with E-state index in [9.17, 15) is 27.2 Å². The first kappa shape index (κ1) is 22.6. The van der Waals surface area contributed by atoms with E-state index in [1.54, 1.807) is 54.9 Å². The smallest absolute Gasteiger partial charge is 0.340 e. The van der Waals surface area contributed by atoms with Crippen molar-refractivity contribution in [1.29, 1.82) is 0 Å². The summed E-state index contributed by atoms with van der Waals surface area (Å²) in [5.74, 6) is -4.84. The van der Waals surface area contributed by atoms with Gasteiger partial charge in [-0.15, -0.1) is 0 Å². The SMILES string of the molecule is CCc1cc2c(c(OCC(F)(F)C(F)F)c(C)n2C)c(=O)n1CC(=O)c1ccccc1. The maximum absolute atomic E-state index is 13.4. The molecule has 0 aliphatic rings. The molecule has 2 heterocycles. The van der Waals surface area contributed by atoms with Crippen LogP contribution in [0.25, 0.3) is 10.9 Å². The van der Waals surface area contributed by atoms with Crippen molar-refractivity contribution in [3.63, 3.8) is 0 Å². The summed E-state index contributed by atoms with van der Waals surface area (Å²) in [6, 6.07) is 10.1. The number of ketones is 1. The molecule has 0 radical (unpaired) electrons. The van der Waals surface area contributed by atoms with E-state index >= 15 is 0 Å². The molecule has 0 fully saturated rings. The number of alkyl halides is 4. The molecule has 0 spiro atoms. The third kappa shape index (κ3) is 4.22. The molecule has 31 heavy (non-hydrogen) atoms. The van der Waals surface area contributed by atoms with Crippen molar-refractivity contribution in [3.8, 4) is 5.75 Å². The van der Waals surface area contributed by atoms with Gasteiger partial charge in [-0.2, -0.15) is 8.78 Å². The number of carbonyl (C=O) groups is 1. The van der Waals surface area contributed by atoms with Crippen LogP contribution in [0.4, 0.5) is 17.6 Å². The number of halogens is 4. The van der Waals surface area contributed by atoms with E-state index in [4.69, 9.17) is 4.74 Å². The van der Waals surface area contributed by atoms with E-state index in [-0.39, 0.29) is 23.5 Å². The largest absolute Gasteiger partial charge is 0.484 e. The number of ether oxygens (including phenoxy) is 1. The molecule has 3 rings (SSSR count). The number of aryl methyl sites for hydroxylation is 2. The normalized spacial score (nSPS) is 12.0. The molecule has 5 nitrogen and oxygen atoms in total. The molecule has 166 valence electrons. The minimum atomic E-state index is -4.36.